The predicted octanol–water partition coefficient (Wildman–Crippen LogP) is 4.91. The Bertz CT molecular complexity index is 576. The van der Waals surface area contributed by atoms with Crippen molar-refractivity contribution < 1.29 is 4.74 Å². The highest BCUT2D eigenvalue weighted by molar-refractivity contribution is 5.59. The molecule has 1 aliphatic carbocycles. The first-order valence-electron chi connectivity index (χ1n) is 9.60. The lowest BCUT2D eigenvalue weighted by molar-refractivity contribution is 0.102. The van der Waals surface area contributed by atoms with Crippen molar-refractivity contribution in [2.75, 3.05) is 18.8 Å². The Morgan fingerprint density at radius 2 is 1.54 bits per heavy atom. The Hall–Kier alpha value is -1.22. The molecule has 2 aliphatic rings. The van der Waals surface area contributed by atoms with Crippen LogP contribution in [0.3, 0.4) is 0 Å². The van der Waals surface area contributed by atoms with Crippen molar-refractivity contribution in [2.45, 2.75) is 83.8 Å². The smallest absolute Gasteiger partial charge is 0.142 e. The Morgan fingerprint density at radius 3 is 2.04 bits per heavy atom. The zero-order valence-electron chi connectivity index (χ0n) is 16.1. The standard InChI is InChI=1S/C21H34N2O/c1-14(2)24-20-13-18(17(12-19(20)22)15-6-7-15)16-8-10-23(11-9-16)21(3,4)5/h12-16H,6-11,22H2,1-5H3. The van der Waals surface area contributed by atoms with Crippen LogP contribution in [-0.4, -0.2) is 29.6 Å². The van der Waals surface area contributed by atoms with E-state index >= 15 is 0 Å². The van der Waals surface area contributed by atoms with E-state index in [0.29, 0.717) is 5.92 Å². The zero-order chi connectivity index (χ0) is 17.5. The quantitative estimate of drug-likeness (QED) is 0.797. The number of rotatable bonds is 4. The highest BCUT2D eigenvalue weighted by Crippen LogP contribution is 2.47. The number of benzene rings is 1. The molecular weight excluding hydrogens is 296 g/mol. The SMILES string of the molecule is CC(C)Oc1cc(C2CCN(C(C)(C)C)CC2)c(C2CC2)cc1N. The molecule has 24 heavy (non-hydrogen) atoms. The molecule has 3 nitrogen and oxygen atoms in total. The van der Waals surface area contributed by atoms with Crippen molar-refractivity contribution >= 4 is 5.69 Å². The third-order valence-electron chi connectivity index (χ3n) is 5.48. The molecule has 0 bridgehead atoms. The topological polar surface area (TPSA) is 38.5 Å². The first-order chi connectivity index (χ1) is 11.3. The molecule has 1 aromatic carbocycles. The van der Waals surface area contributed by atoms with Gasteiger partial charge in [-0.2, -0.15) is 0 Å². The molecule has 2 N–H and O–H groups in total. The number of hydrogen-bond donors (Lipinski definition) is 1. The molecule has 134 valence electrons. The fourth-order valence-electron chi connectivity index (χ4n) is 3.95. The number of nitrogen functional groups attached to an aromatic ring is 1. The van der Waals surface area contributed by atoms with Crippen LogP contribution in [0.5, 0.6) is 5.75 Å². The highest BCUT2D eigenvalue weighted by Gasteiger charge is 2.33. The van der Waals surface area contributed by atoms with Gasteiger partial charge in [0.05, 0.1) is 11.8 Å². The normalized spacial score (nSPS) is 20.6. The van der Waals surface area contributed by atoms with Gasteiger partial charge in [-0.05, 0) is 108 Å². The summed E-state index contributed by atoms with van der Waals surface area (Å²) in [7, 11) is 0. The predicted molar refractivity (Wildman–Crippen MR) is 102 cm³/mol. The van der Waals surface area contributed by atoms with Gasteiger partial charge in [0.25, 0.3) is 0 Å². The molecule has 3 rings (SSSR count). The van der Waals surface area contributed by atoms with Crippen LogP contribution in [0.1, 0.15) is 83.3 Å². The Balaban J connectivity index is 1.83. The van der Waals surface area contributed by atoms with Crippen molar-refractivity contribution in [3.8, 4) is 5.75 Å². The van der Waals surface area contributed by atoms with E-state index in [-0.39, 0.29) is 11.6 Å². The molecule has 1 aliphatic heterocycles. The van der Waals surface area contributed by atoms with E-state index in [0.717, 1.165) is 17.4 Å². The van der Waals surface area contributed by atoms with E-state index < -0.39 is 0 Å². The van der Waals surface area contributed by atoms with Crippen LogP contribution in [0.15, 0.2) is 12.1 Å². The summed E-state index contributed by atoms with van der Waals surface area (Å²) < 4.78 is 5.97. The van der Waals surface area contributed by atoms with Gasteiger partial charge < -0.3 is 10.5 Å². The summed E-state index contributed by atoms with van der Waals surface area (Å²) in [4.78, 5) is 2.61. The van der Waals surface area contributed by atoms with E-state index in [9.17, 15) is 0 Å². The maximum absolute atomic E-state index is 6.28. The van der Waals surface area contributed by atoms with E-state index in [1.165, 1.54) is 49.9 Å². The fourth-order valence-corrected chi connectivity index (χ4v) is 3.95. The van der Waals surface area contributed by atoms with Gasteiger partial charge in [-0.15, -0.1) is 0 Å². The average Bonchev–Trinajstić information content (AvgIpc) is 3.32. The molecule has 0 unspecified atom stereocenters. The molecule has 1 aromatic rings. The highest BCUT2D eigenvalue weighted by atomic mass is 16.5. The minimum absolute atomic E-state index is 0.162. The van der Waals surface area contributed by atoms with Crippen LogP contribution in [0, 0.1) is 0 Å². The zero-order valence-corrected chi connectivity index (χ0v) is 16.1. The van der Waals surface area contributed by atoms with Crippen LogP contribution in [0.4, 0.5) is 5.69 Å². The first-order valence-corrected chi connectivity index (χ1v) is 9.60. The van der Waals surface area contributed by atoms with Crippen molar-refractivity contribution in [3.05, 3.63) is 23.3 Å². The maximum atomic E-state index is 6.28. The molecule has 3 heteroatoms. The molecule has 0 aromatic heterocycles. The maximum Gasteiger partial charge on any atom is 0.142 e. The summed E-state index contributed by atoms with van der Waals surface area (Å²) in [5.74, 6) is 2.26. The Labute approximate surface area is 147 Å². The van der Waals surface area contributed by atoms with Gasteiger partial charge >= 0.3 is 0 Å². The van der Waals surface area contributed by atoms with E-state index in [1.54, 1.807) is 0 Å². The van der Waals surface area contributed by atoms with Crippen molar-refractivity contribution in [1.29, 1.82) is 0 Å². The lowest BCUT2D eigenvalue weighted by Crippen LogP contribution is -2.45. The van der Waals surface area contributed by atoms with Crippen molar-refractivity contribution in [1.82, 2.24) is 4.90 Å². The monoisotopic (exact) mass is 330 g/mol. The van der Waals surface area contributed by atoms with Gasteiger partial charge in [0.15, 0.2) is 0 Å². The lowest BCUT2D eigenvalue weighted by Gasteiger charge is -2.41. The summed E-state index contributed by atoms with van der Waals surface area (Å²) in [5.41, 5.74) is 10.4. The molecule has 1 saturated heterocycles. The minimum Gasteiger partial charge on any atom is -0.489 e. The number of piperidine rings is 1. The number of likely N-dealkylation sites (tertiary alicyclic amines) is 1. The number of nitrogens with two attached hydrogens (primary N) is 1. The van der Waals surface area contributed by atoms with Crippen molar-refractivity contribution in [2.24, 2.45) is 0 Å². The summed E-state index contributed by atoms with van der Waals surface area (Å²) in [6.45, 7) is 13.5. The summed E-state index contributed by atoms with van der Waals surface area (Å²) in [5, 5.41) is 0. The third-order valence-corrected chi connectivity index (χ3v) is 5.48. The number of ether oxygens (including phenoxy) is 1. The van der Waals surface area contributed by atoms with Crippen LogP contribution in [0.2, 0.25) is 0 Å². The van der Waals surface area contributed by atoms with Gasteiger partial charge in [0, 0.05) is 5.54 Å². The summed E-state index contributed by atoms with van der Waals surface area (Å²) in [6.07, 6.45) is 5.27. The van der Waals surface area contributed by atoms with Gasteiger partial charge in [0.2, 0.25) is 0 Å². The van der Waals surface area contributed by atoms with E-state index in [4.69, 9.17) is 10.5 Å². The summed E-state index contributed by atoms with van der Waals surface area (Å²) >= 11 is 0. The third kappa shape index (κ3) is 3.88. The largest absolute Gasteiger partial charge is 0.489 e. The van der Waals surface area contributed by atoms with Crippen LogP contribution in [-0.2, 0) is 0 Å². The van der Waals surface area contributed by atoms with Crippen molar-refractivity contribution in [3.63, 3.8) is 0 Å². The van der Waals surface area contributed by atoms with E-state index in [2.05, 4.69) is 51.7 Å². The second-order valence-corrected chi connectivity index (χ2v) is 8.89. The molecule has 0 radical (unpaired) electrons. The fraction of sp³-hybridized carbons (Fsp3) is 0.714. The van der Waals surface area contributed by atoms with Gasteiger partial charge in [-0.3, -0.25) is 4.90 Å². The van der Waals surface area contributed by atoms with E-state index in [1.807, 2.05) is 0 Å². The Morgan fingerprint density at radius 1 is 1.00 bits per heavy atom. The average molecular weight is 331 g/mol. The number of nitrogens with zero attached hydrogens (tertiary/aromatic N) is 1. The van der Waals surface area contributed by atoms with Crippen LogP contribution < -0.4 is 10.5 Å². The van der Waals surface area contributed by atoms with Gasteiger partial charge in [-0.1, -0.05) is 0 Å². The lowest BCUT2D eigenvalue weighted by atomic mass is 9.83. The molecule has 0 amide bonds. The molecule has 1 saturated carbocycles. The second-order valence-electron chi connectivity index (χ2n) is 8.89. The Kier molecular flexibility index (Phi) is 4.83. The molecule has 1 heterocycles. The van der Waals surface area contributed by atoms with Crippen LogP contribution in [0.25, 0.3) is 0 Å². The molecule has 0 atom stereocenters. The van der Waals surface area contributed by atoms with Crippen LogP contribution >= 0.6 is 0 Å². The molecule has 0 spiro atoms. The van der Waals surface area contributed by atoms with Gasteiger partial charge in [-0.25, -0.2) is 0 Å². The number of anilines is 1. The first kappa shape index (κ1) is 17.6. The molecular formula is C21H34N2O. The number of hydrogen-bond acceptors (Lipinski definition) is 3. The second kappa shape index (κ2) is 6.59. The summed E-state index contributed by atoms with van der Waals surface area (Å²) in [6, 6.07) is 4.47. The molecule has 2 fully saturated rings. The minimum atomic E-state index is 0.162. The van der Waals surface area contributed by atoms with Gasteiger partial charge in [0.1, 0.15) is 5.75 Å².